The maximum Gasteiger partial charge on any atom is 0.514 e. The Morgan fingerprint density at radius 2 is 2.19 bits per heavy atom. The molecule has 0 fully saturated rings. The summed E-state index contributed by atoms with van der Waals surface area (Å²) >= 11 is 6.65. The van der Waals surface area contributed by atoms with Crippen LogP contribution in [-0.2, 0) is 4.74 Å². The van der Waals surface area contributed by atoms with Crippen LogP contribution in [-0.4, -0.2) is 27.9 Å². The highest BCUT2D eigenvalue weighted by Gasteiger charge is 2.28. The Morgan fingerprint density at radius 1 is 1.52 bits per heavy atom. The van der Waals surface area contributed by atoms with Gasteiger partial charge in [-0.05, 0) is 13.0 Å². The molecule has 10 heteroatoms. The number of nitro benzene ring substituents is 1. The van der Waals surface area contributed by atoms with Crippen molar-refractivity contribution < 1.29 is 29.4 Å². The fourth-order valence-corrected chi connectivity index (χ4v) is 2.99. The number of ether oxygens (including phenoxy) is 2. The molecule has 0 amide bonds. The van der Waals surface area contributed by atoms with Gasteiger partial charge in [-0.25, -0.2) is 4.79 Å². The third-order valence-electron chi connectivity index (χ3n) is 2.44. The van der Waals surface area contributed by atoms with Crippen LogP contribution < -0.4 is 4.74 Å². The minimum absolute atomic E-state index is 0.0281. The number of halogens is 1. The molecule has 0 atom stereocenters. The Kier molecular flexibility index (Phi) is 4.05. The van der Waals surface area contributed by atoms with Gasteiger partial charge in [0.2, 0.25) is 10.8 Å². The summed E-state index contributed by atoms with van der Waals surface area (Å²) in [7, 11) is 0. The van der Waals surface area contributed by atoms with Gasteiger partial charge in [-0.3, -0.25) is 10.1 Å². The summed E-state index contributed by atoms with van der Waals surface area (Å²) in [6.07, 6.45) is -1.01. The molecule has 112 valence electrons. The van der Waals surface area contributed by atoms with Gasteiger partial charge in [0.05, 0.1) is 11.5 Å². The zero-order valence-electron chi connectivity index (χ0n) is 10.5. The topological polar surface area (TPSA) is 119 Å². The highest BCUT2D eigenvalue weighted by Crippen LogP contribution is 2.51. The number of nitro groups is 1. The highest BCUT2D eigenvalue weighted by molar-refractivity contribution is 7.22. The zero-order valence-corrected chi connectivity index (χ0v) is 12.0. The molecule has 21 heavy (non-hydrogen) atoms. The molecule has 0 radical (unpaired) electrons. The van der Waals surface area contributed by atoms with Crippen molar-refractivity contribution in [1.29, 1.82) is 0 Å². The number of nitrogens with zero attached hydrogens (tertiary/aromatic N) is 1. The summed E-state index contributed by atoms with van der Waals surface area (Å²) in [6.45, 7) is 1.66. The van der Waals surface area contributed by atoms with Gasteiger partial charge in [-0.1, -0.05) is 22.9 Å². The summed E-state index contributed by atoms with van der Waals surface area (Å²) in [4.78, 5) is 21.4. The minimum Gasteiger partial charge on any atom is -0.504 e. The quantitative estimate of drug-likeness (QED) is 0.382. The summed E-state index contributed by atoms with van der Waals surface area (Å²) in [6, 6.07) is 1.05. The predicted molar refractivity (Wildman–Crippen MR) is 74.5 cm³/mol. The Morgan fingerprint density at radius 3 is 2.76 bits per heavy atom. The Balaban J connectivity index is 2.62. The number of phenols is 2. The van der Waals surface area contributed by atoms with Crippen molar-refractivity contribution in [3.8, 4) is 16.6 Å². The molecule has 1 heterocycles. The van der Waals surface area contributed by atoms with E-state index >= 15 is 0 Å². The number of fused-ring (bicyclic) bond motifs is 1. The van der Waals surface area contributed by atoms with Crippen molar-refractivity contribution in [2.45, 2.75) is 6.92 Å². The summed E-state index contributed by atoms with van der Waals surface area (Å²) in [5.74, 6) is -1.58. The molecule has 0 spiro atoms. The third-order valence-corrected chi connectivity index (χ3v) is 4.02. The number of carbonyl (C=O) groups is 1. The van der Waals surface area contributed by atoms with E-state index in [2.05, 4.69) is 4.74 Å². The van der Waals surface area contributed by atoms with Gasteiger partial charge in [-0.2, -0.15) is 0 Å². The molecule has 2 rings (SSSR count). The number of aromatic hydroxyl groups is 2. The lowest BCUT2D eigenvalue weighted by atomic mass is 10.2. The molecule has 8 nitrogen and oxygen atoms in total. The first-order valence-electron chi connectivity index (χ1n) is 5.52. The van der Waals surface area contributed by atoms with Crippen molar-refractivity contribution in [3.05, 3.63) is 21.2 Å². The van der Waals surface area contributed by atoms with E-state index in [4.69, 9.17) is 16.3 Å². The lowest BCUT2D eigenvalue weighted by Crippen LogP contribution is -2.09. The molecule has 0 saturated heterocycles. The number of benzene rings is 1. The van der Waals surface area contributed by atoms with Crippen LogP contribution in [0.25, 0.3) is 10.1 Å². The molecule has 0 unspecified atom stereocenters. The highest BCUT2D eigenvalue weighted by atomic mass is 35.5. The van der Waals surface area contributed by atoms with E-state index < -0.39 is 28.3 Å². The van der Waals surface area contributed by atoms with E-state index in [0.29, 0.717) is 11.3 Å². The molecule has 1 aromatic carbocycles. The van der Waals surface area contributed by atoms with Gasteiger partial charge in [0.25, 0.3) is 0 Å². The van der Waals surface area contributed by atoms with Gasteiger partial charge in [0.15, 0.2) is 5.75 Å². The van der Waals surface area contributed by atoms with Crippen molar-refractivity contribution in [1.82, 2.24) is 0 Å². The van der Waals surface area contributed by atoms with E-state index in [1.54, 1.807) is 6.92 Å². The normalized spacial score (nSPS) is 10.6. The number of hydrogen-bond donors (Lipinski definition) is 2. The maximum atomic E-state index is 11.3. The third kappa shape index (κ3) is 2.65. The van der Waals surface area contributed by atoms with Crippen molar-refractivity contribution in [2.75, 3.05) is 6.61 Å². The molecular formula is C11H8ClNO7S. The number of hydrogen-bond acceptors (Lipinski definition) is 8. The number of thiophene rings is 1. The standard InChI is InChI=1S/C11H8ClNO7S/c1-2-19-11(16)20-10-6(12)4-3-5(14)8(15)7(13(17)18)9(4)21-10/h3,14-15H,2H2,1H3. The monoisotopic (exact) mass is 333 g/mol. The van der Waals surface area contributed by atoms with Gasteiger partial charge >= 0.3 is 11.8 Å². The van der Waals surface area contributed by atoms with Gasteiger partial charge in [-0.15, -0.1) is 0 Å². The molecule has 1 aromatic heterocycles. The van der Waals surface area contributed by atoms with E-state index in [0.717, 1.165) is 6.07 Å². The number of rotatable bonds is 3. The molecule has 0 aliphatic rings. The van der Waals surface area contributed by atoms with Gasteiger partial charge < -0.3 is 19.7 Å². The van der Waals surface area contributed by atoms with Gasteiger partial charge in [0, 0.05) is 5.39 Å². The largest absolute Gasteiger partial charge is 0.514 e. The minimum atomic E-state index is -1.01. The second kappa shape index (κ2) is 5.62. The SMILES string of the molecule is CCOC(=O)Oc1sc2c([N+](=O)[O-])c(O)c(O)cc2c1Cl. The summed E-state index contributed by atoms with van der Waals surface area (Å²) in [5.41, 5.74) is -0.712. The van der Waals surface area contributed by atoms with Crippen LogP contribution in [0.1, 0.15) is 6.92 Å². The summed E-state index contributed by atoms with van der Waals surface area (Å²) < 4.78 is 9.37. The van der Waals surface area contributed by atoms with Crippen LogP contribution in [0.5, 0.6) is 16.6 Å². The second-order valence-electron chi connectivity index (χ2n) is 3.72. The average molecular weight is 334 g/mol. The zero-order chi connectivity index (χ0) is 15.7. The predicted octanol–water partition coefficient (Wildman–Crippen LogP) is 3.41. The number of phenolic OH excluding ortho intramolecular Hbond substituents is 2. The van der Waals surface area contributed by atoms with E-state index in [-0.39, 0.29) is 26.8 Å². The fourth-order valence-electron chi connectivity index (χ4n) is 1.60. The lowest BCUT2D eigenvalue weighted by molar-refractivity contribution is -0.383. The van der Waals surface area contributed by atoms with Crippen LogP contribution >= 0.6 is 22.9 Å². The maximum absolute atomic E-state index is 11.3. The van der Waals surface area contributed by atoms with Crippen molar-refractivity contribution in [2.24, 2.45) is 0 Å². The first kappa shape index (κ1) is 15.1. The van der Waals surface area contributed by atoms with E-state index in [1.807, 2.05) is 0 Å². The fraction of sp³-hybridized carbons (Fsp3) is 0.182. The first-order chi connectivity index (χ1) is 9.86. The molecule has 2 aromatic rings. The molecular weight excluding hydrogens is 326 g/mol. The Labute approximate surface area is 126 Å². The molecule has 2 N–H and O–H groups in total. The van der Waals surface area contributed by atoms with Crippen LogP contribution in [0.15, 0.2) is 6.07 Å². The number of carbonyl (C=O) groups excluding carboxylic acids is 1. The smallest absolute Gasteiger partial charge is 0.504 e. The molecule has 0 aliphatic heterocycles. The van der Waals surface area contributed by atoms with Crippen LogP contribution in [0.4, 0.5) is 10.5 Å². The second-order valence-corrected chi connectivity index (χ2v) is 5.08. The average Bonchev–Trinajstić information content (AvgIpc) is 2.68. The molecule has 0 saturated carbocycles. The van der Waals surface area contributed by atoms with Crippen molar-refractivity contribution >= 4 is 44.9 Å². The van der Waals surface area contributed by atoms with Crippen LogP contribution in [0.3, 0.4) is 0 Å². The summed E-state index contributed by atoms with van der Waals surface area (Å²) in [5, 5.41) is 29.9. The Bertz CT molecular complexity index is 742. The first-order valence-corrected chi connectivity index (χ1v) is 6.72. The molecule has 0 aliphatic carbocycles. The van der Waals surface area contributed by atoms with Gasteiger partial charge in [0.1, 0.15) is 9.72 Å². The van der Waals surface area contributed by atoms with Crippen LogP contribution in [0, 0.1) is 10.1 Å². The van der Waals surface area contributed by atoms with Crippen LogP contribution in [0.2, 0.25) is 5.02 Å². The Hall–Kier alpha value is -2.26. The molecule has 0 bridgehead atoms. The van der Waals surface area contributed by atoms with Crippen molar-refractivity contribution in [3.63, 3.8) is 0 Å². The van der Waals surface area contributed by atoms with E-state index in [1.165, 1.54) is 0 Å². The lowest BCUT2D eigenvalue weighted by Gasteiger charge is -2.01. The van der Waals surface area contributed by atoms with E-state index in [9.17, 15) is 25.1 Å².